The highest BCUT2D eigenvalue weighted by atomic mass is 16.3. The smallest absolute Gasteiger partial charge is 0.0688 e. The van der Waals surface area contributed by atoms with Gasteiger partial charge in [-0.25, -0.2) is 0 Å². The lowest BCUT2D eigenvalue weighted by atomic mass is 10.1. The molecule has 0 unspecified atom stereocenters. The van der Waals surface area contributed by atoms with E-state index in [9.17, 15) is 5.11 Å². The molecule has 18 heavy (non-hydrogen) atoms. The molecule has 0 fully saturated rings. The normalized spacial score (nSPS) is 11.1. The molecule has 0 atom stereocenters. The molecule has 2 nitrogen and oxygen atoms in total. The van der Waals surface area contributed by atoms with Crippen molar-refractivity contribution in [3.63, 3.8) is 0 Å². The summed E-state index contributed by atoms with van der Waals surface area (Å²) in [5.41, 5.74) is 4.56. The van der Waals surface area contributed by atoms with E-state index in [0.29, 0.717) is 5.56 Å². The highest BCUT2D eigenvalue weighted by Gasteiger charge is 1.99. The third-order valence-electron chi connectivity index (χ3n) is 3.01. The first-order chi connectivity index (χ1) is 8.59. The number of aryl methyl sites for hydroxylation is 3. The SMILES string of the molecule is Cc1cccc(C=Nc2c(C)cccc2C)c1[O-]. The lowest BCUT2D eigenvalue weighted by Crippen LogP contribution is -1.98. The Morgan fingerprint density at radius 2 is 1.44 bits per heavy atom. The Balaban J connectivity index is 2.39. The van der Waals surface area contributed by atoms with E-state index in [1.807, 2.05) is 51.1 Å². The van der Waals surface area contributed by atoms with Gasteiger partial charge in [0.1, 0.15) is 0 Å². The minimum absolute atomic E-state index is 0.0486. The van der Waals surface area contributed by atoms with Gasteiger partial charge in [-0.15, -0.1) is 0 Å². The molecule has 0 spiro atoms. The van der Waals surface area contributed by atoms with Crippen LogP contribution in [0.3, 0.4) is 0 Å². The van der Waals surface area contributed by atoms with E-state index in [-0.39, 0.29) is 5.75 Å². The third-order valence-corrected chi connectivity index (χ3v) is 3.01. The van der Waals surface area contributed by atoms with E-state index in [1.165, 1.54) is 0 Å². The van der Waals surface area contributed by atoms with Gasteiger partial charge < -0.3 is 5.11 Å². The summed E-state index contributed by atoms with van der Waals surface area (Å²) in [5, 5.41) is 11.9. The first kappa shape index (κ1) is 12.4. The molecule has 2 rings (SSSR count). The lowest BCUT2D eigenvalue weighted by Gasteiger charge is -2.13. The minimum Gasteiger partial charge on any atom is -0.872 e. The average Bonchev–Trinajstić information content (AvgIpc) is 2.33. The zero-order valence-electron chi connectivity index (χ0n) is 10.9. The lowest BCUT2D eigenvalue weighted by molar-refractivity contribution is -0.269. The summed E-state index contributed by atoms with van der Waals surface area (Å²) < 4.78 is 0. The molecule has 0 aliphatic rings. The Morgan fingerprint density at radius 3 is 2.11 bits per heavy atom. The zero-order chi connectivity index (χ0) is 13.1. The van der Waals surface area contributed by atoms with Crippen molar-refractivity contribution in [2.24, 2.45) is 4.99 Å². The number of hydrogen-bond donors (Lipinski definition) is 0. The van der Waals surface area contributed by atoms with E-state index in [0.717, 1.165) is 22.4 Å². The molecule has 0 bridgehead atoms. The summed E-state index contributed by atoms with van der Waals surface area (Å²) in [6.45, 7) is 5.86. The van der Waals surface area contributed by atoms with Gasteiger partial charge in [0, 0.05) is 6.21 Å². The van der Waals surface area contributed by atoms with Crippen LogP contribution in [0.2, 0.25) is 0 Å². The second kappa shape index (κ2) is 5.05. The topological polar surface area (TPSA) is 35.4 Å². The molecule has 0 saturated carbocycles. The van der Waals surface area contributed by atoms with Gasteiger partial charge in [-0.3, -0.25) is 4.99 Å². The van der Waals surface area contributed by atoms with Crippen LogP contribution in [0.25, 0.3) is 0 Å². The van der Waals surface area contributed by atoms with Gasteiger partial charge in [-0.05, 0) is 37.5 Å². The molecule has 0 amide bonds. The number of nitrogens with zero attached hydrogens (tertiary/aromatic N) is 1. The number of benzene rings is 2. The van der Waals surface area contributed by atoms with Crippen LogP contribution in [0.15, 0.2) is 41.4 Å². The van der Waals surface area contributed by atoms with Crippen molar-refractivity contribution in [3.8, 4) is 5.75 Å². The summed E-state index contributed by atoms with van der Waals surface area (Å²) in [5.74, 6) is 0.0486. The van der Waals surface area contributed by atoms with Crippen LogP contribution < -0.4 is 5.11 Å². The molecule has 92 valence electrons. The standard InChI is InChI=1S/C16H17NO/c1-11-6-4-7-12(2)15(11)17-10-14-9-5-8-13(3)16(14)18/h4-10,18H,1-3H3/p-1. The van der Waals surface area contributed by atoms with Crippen molar-refractivity contribution in [2.45, 2.75) is 20.8 Å². The molecule has 0 N–H and O–H groups in total. The van der Waals surface area contributed by atoms with Crippen molar-refractivity contribution in [2.75, 3.05) is 0 Å². The quantitative estimate of drug-likeness (QED) is 0.738. The fourth-order valence-corrected chi connectivity index (χ4v) is 1.92. The van der Waals surface area contributed by atoms with Crippen LogP contribution in [0.5, 0.6) is 5.75 Å². The van der Waals surface area contributed by atoms with E-state index in [4.69, 9.17) is 0 Å². The fraction of sp³-hybridized carbons (Fsp3) is 0.188. The molecule has 2 heteroatoms. The highest BCUT2D eigenvalue weighted by molar-refractivity contribution is 5.86. The predicted molar refractivity (Wildman–Crippen MR) is 73.8 cm³/mol. The number of para-hydroxylation sites is 2. The molecule has 2 aromatic carbocycles. The van der Waals surface area contributed by atoms with E-state index < -0.39 is 0 Å². The average molecular weight is 238 g/mol. The third kappa shape index (κ3) is 2.43. The second-order valence-electron chi connectivity index (χ2n) is 4.49. The van der Waals surface area contributed by atoms with Gasteiger partial charge in [0.2, 0.25) is 0 Å². The number of aliphatic imine (C=N–C) groups is 1. The van der Waals surface area contributed by atoms with Gasteiger partial charge in [0.05, 0.1) is 5.69 Å². The Labute approximate surface area is 108 Å². The number of rotatable bonds is 2. The summed E-state index contributed by atoms with van der Waals surface area (Å²) in [7, 11) is 0. The van der Waals surface area contributed by atoms with E-state index in [1.54, 1.807) is 12.3 Å². The van der Waals surface area contributed by atoms with E-state index >= 15 is 0 Å². The van der Waals surface area contributed by atoms with E-state index in [2.05, 4.69) is 4.99 Å². The molecule has 0 radical (unpaired) electrons. The molecular formula is C16H16NO-. The summed E-state index contributed by atoms with van der Waals surface area (Å²) >= 11 is 0. The first-order valence-electron chi connectivity index (χ1n) is 5.96. The van der Waals surface area contributed by atoms with Crippen LogP contribution in [0, 0.1) is 20.8 Å². The zero-order valence-corrected chi connectivity index (χ0v) is 10.9. The molecule has 0 aliphatic carbocycles. The Bertz CT molecular complexity index is 580. The molecule has 0 saturated heterocycles. The van der Waals surface area contributed by atoms with Crippen molar-refractivity contribution in [1.82, 2.24) is 0 Å². The maximum absolute atomic E-state index is 11.9. The first-order valence-corrected chi connectivity index (χ1v) is 5.96. The maximum Gasteiger partial charge on any atom is 0.0688 e. The largest absolute Gasteiger partial charge is 0.872 e. The van der Waals surface area contributed by atoms with Crippen LogP contribution in [0.1, 0.15) is 22.3 Å². The molecule has 0 aliphatic heterocycles. The van der Waals surface area contributed by atoms with Gasteiger partial charge >= 0.3 is 0 Å². The highest BCUT2D eigenvalue weighted by Crippen LogP contribution is 2.24. The maximum atomic E-state index is 11.9. The Kier molecular flexibility index (Phi) is 3.47. The monoisotopic (exact) mass is 238 g/mol. The molecule has 2 aromatic rings. The fourth-order valence-electron chi connectivity index (χ4n) is 1.92. The Morgan fingerprint density at radius 1 is 0.889 bits per heavy atom. The molecular weight excluding hydrogens is 222 g/mol. The van der Waals surface area contributed by atoms with Crippen molar-refractivity contribution < 1.29 is 5.11 Å². The Hall–Kier alpha value is -2.09. The molecule has 0 heterocycles. The summed E-state index contributed by atoms with van der Waals surface area (Å²) in [6, 6.07) is 11.5. The van der Waals surface area contributed by atoms with Gasteiger partial charge in [0.15, 0.2) is 0 Å². The van der Waals surface area contributed by atoms with Gasteiger partial charge in [-0.2, -0.15) is 0 Å². The predicted octanol–water partition coefficient (Wildman–Crippen LogP) is 3.44. The second-order valence-corrected chi connectivity index (χ2v) is 4.49. The van der Waals surface area contributed by atoms with Crippen LogP contribution in [-0.4, -0.2) is 6.21 Å². The van der Waals surface area contributed by atoms with Gasteiger partial charge in [-0.1, -0.05) is 47.7 Å². The van der Waals surface area contributed by atoms with Crippen LogP contribution in [0.4, 0.5) is 5.69 Å². The van der Waals surface area contributed by atoms with Crippen molar-refractivity contribution in [1.29, 1.82) is 0 Å². The number of hydrogen-bond acceptors (Lipinski definition) is 2. The van der Waals surface area contributed by atoms with Crippen molar-refractivity contribution in [3.05, 3.63) is 58.7 Å². The minimum atomic E-state index is 0.0486. The van der Waals surface area contributed by atoms with Gasteiger partial charge in [0.25, 0.3) is 0 Å². The van der Waals surface area contributed by atoms with Crippen LogP contribution in [-0.2, 0) is 0 Å². The summed E-state index contributed by atoms with van der Waals surface area (Å²) in [4.78, 5) is 4.45. The summed E-state index contributed by atoms with van der Waals surface area (Å²) in [6.07, 6.45) is 1.66. The van der Waals surface area contributed by atoms with Crippen molar-refractivity contribution >= 4 is 11.9 Å². The molecule has 0 aromatic heterocycles. The van der Waals surface area contributed by atoms with Crippen LogP contribution >= 0.6 is 0 Å².